The second-order valence-electron chi connectivity index (χ2n) is 5.03. The number of rotatable bonds is 1. The maximum atomic E-state index is 14.0. The van der Waals surface area contributed by atoms with E-state index >= 15 is 0 Å². The highest BCUT2D eigenvalue weighted by atomic mass is 79.9. The first-order chi connectivity index (χ1) is 6.68. The second kappa shape index (κ2) is 4.09. The number of hydrogen-bond donors (Lipinski definition) is 1. The Hall–Kier alpha value is 0.370. The molecule has 1 saturated heterocycles. The first-order valence-electron chi connectivity index (χ1n) is 5.64. The zero-order chi connectivity index (χ0) is 10.1. The zero-order valence-corrected chi connectivity index (χ0v) is 10.2. The van der Waals surface area contributed by atoms with Crippen molar-refractivity contribution >= 4 is 15.9 Å². The normalized spacial score (nSPS) is 30.4. The van der Waals surface area contributed by atoms with E-state index in [1.165, 1.54) is 12.8 Å². The van der Waals surface area contributed by atoms with E-state index in [9.17, 15) is 4.39 Å². The van der Waals surface area contributed by atoms with E-state index < -0.39 is 5.67 Å². The molecule has 2 aliphatic rings. The van der Waals surface area contributed by atoms with E-state index in [2.05, 4.69) is 21.2 Å². The van der Waals surface area contributed by atoms with Gasteiger partial charge < -0.3 is 5.32 Å². The molecule has 1 saturated carbocycles. The number of nitrogens with one attached hydrogen (secondary N) is 1. The van der Waals surface area contributed by atoms with Crippen molar-refractivity contribution < 1.29 is 4.39 Å². The predicted octanol–water partition coefficient (Wildman–Crippen LogP) is 3.03. The first kappa shape index (κ1) is 10.9. The lowest BCUT2D eigenvalue weighted by molar-refractivity contribution is 0.0371. The molecule has 1 spiro atoms. The molecule has 0 atom stereocenters. The van der Waals surface area contributed by atoms with Crippen LogP contribution in [0.2, 0.25) is 0 Å². The van der Waals surface area contributed by atoms with Gasteiger partial charge >= 0.3 is 0 Å². The maximum Gasteiger partial charge on any atom is 0.120 e. The summed E-state index contributed by atoms with van der Waals surface area (Å²) < 4.78 is 14.0. The Labute approximate surface area is 94.0 Å². The van der Waals surface area contributed by atoms with Crippen molar-refractivity contribution in [2.75, 3.05) is 18.4 Å². The number of hydrogen-bond acceptors (Lipinski definition) is 1. The number of alkyl halides is 2. The van der Waals surface area contributed by atoms with Crippen LogP contribution in [0.1, 0.15) is 38.5 Å². The van der Waals surface area contributed by atoms with Crippen LogP contribution in [0.5, 0.6) is 0 Å². The van der Waals surface area contributed by atoms with Crippen molar-refractivity contribution in [3.8, 4) is 0 Å². The van der Waals surface area contributed by atoms with Crippen LogP contribution in [-0.4, -0.2) is 24.1 Å². The van der Waals surface area contributed by atoms with Crippen molar-refractivity contribution in [1.29, 1.82) is 0 Å². The van der Waals surface area contributed by atoms with Gasteiger partial charge in [-0.15, -0.1) is 0 Å². The highest BCUT2D eigenvalue weighted by molar-refractivity contribution is 9.09. The van der Waals surface area contributed by atoms with Gasteiger partial charge in [-0.3, -0.25) is 0 Å². The van der Waals surface area contributed by atoms with E-state index in [4.69, 9.17) is 0 Å². The van der Waals surface area contributed by atoms with E-state index in [-0.39, 0.29) is 0 Å². The Bertz CT molecular complexity index is 191. The minimum absolute atomic E-state index is 0.489. The molecular weight excluding hydrogens is 245 g/mol. The smallest absolute Gasteiger partial charge is 0.120 e. The van der Waals surface area contributed by atoms with Crippen molar-refractivity contribution in [2.45, 2.75) is 44.2 Å². The van der Waals surface area contributed by atoms with Crippen LogP contribution in [0.15, 0.2) is 0 Å². The van der Waals surface area contributed by atoms with Gasteiger partial charge in [0.2, 0.25) is 0 Å². The fourth-order valence-corrected chi connectivity index (χ4v) is 3.38. The average Bonchev–Trinajstić information content (AvgIpc) is 2.25. The predicted molar refractivity (Wildman–Crippen MR) is 60.6 cm³/mol. The molecule has 1 nitrogen and oxygen atoms in total. The topological polar surface area (TPSA) is 12.0 Å². The lowest BCUT2D eigenvalue weighted by Crippen LogP contribution is -2.43. The molecule has 1 heterocycles. The summed E-state index contributed by atoms with van der Waals surface area (Å²) in [6.45, 7) is 2.27. The van der Waals surface area contributed by atoms with Gasteiger partial charge in [0.15, 0.2) is 0 Å². The Morgan fingerprint density at radius 3 is 2.07 bits per heavy atom. The largest absolute Gasteiger partial charge is 0.317 e. The summed E-state index contributed by atoms with van der Waals surface area (Å²) in [4.78, 5) is 0. The van der Waals surface area contributed by atoms with Gasteiger partial charge in [0.05, 0.1) is 0 Å². The van der Waals surface area contributed by atoms with Crippen molar-refractivity contribution in [2.24, 2.45) is 5.41 Å². The molecule has 0 aromatic heterocycles. The third-order valence-electron chi connectivity index (χ3n) is 4.11. The van der Waals surface area contributed by atoms with Gasteiger partial charge in [0.1, 0.15) is 5.67 Å². The molecule has 14 heavy (non-hydrogen) atoms. The molecule has 0 amide bonds. The Morgan fingerprint density at radius 2 is 1.57 bits per heavy atom. The van der Waals surface area contributed by atoms with Gasteiger partial charge in [0, 0.05) is 5.33 Å². The van der Waals surface area contributed by atoms with Gasteiger partial charge in [-0.2, -0.15) is 0 Å². The van der Waals surface area contributed by atoms with Gasteiger partial charge in [-0.25, -0.2) is 4.39 Å². The molecule has 2 fully saturated rings. The van der Waals surface area contributed by atoms with Gasteiger partial charge in [-0.1, -0.05) is 15.9 Å². The van der Waals surface area contributed by atoms with Crippen LogP contribution >= 0.6 is 15.9 Å². The summed E-state index contributed by atoms with van der Waals surface area (Å²) in [5.41, 5.74) is -0.418. The summed E-state index contributed by atoms with van der Waals surface area (Å²) in [6, 6.07) is 0. The van der Waals surface area contributed by atoms with E-state index in [1.807, 2.05) is 0 Å². The molecular formula is C11H19BrFN. The molecule has 1 aliphatic carbocycles. The third-order valence-corrected chi connectivity index (χ3v) is 5.12. The third kappa shape index (κ3) is 2.13. The highest BCUT2D eigenvalue weighted by Gasteiger charge is 2.42. The highest BCUT2D eigenvalue weighted by Crippen LogP contribution is 2.48. The summed E-state index contributed by atoms with van der Waals surface area (Å²) >= 11 is 3.29. The van der Waals surface area contributed by atoms with Crippen LogP contribution in [0.25, 0.3) is 0 Å². The SMILES string of the molecule is FC1(CBr)CCC2(CCNCC2)CC1. The standard InChI is InChI=1S/C11H19BrFN/c12-9-11(13)3-1-10(2-4-11)5-7-14-8-6-10/h14H,1-9H2. The monoisotopic (exact) mass is 263 g/mol. The molecule has 0 unspecified atom stereocenters. The fourth-order valence-electron chi connectivity index (χ4n) is 2.82. The minimum atomic E-state index is -0.907. The number of halogens is 2. The lowest BCUT2D eigenvalue weighted by atomic mass is 9.65. The van der Waals surface area contributed by atoms with Crippen LogP contribution < -0.4 is 5.32 Å². The van der Waals surface area contributed by atoms with Crippen LogP contribution in [-0.2, 0) is 0 Å². The fraction of sp³-hybridized carbons (Fsp3) is 1.00. The average molecular weight is 264 g/mol. The molecule has 0 aromatic carbocycles. The molecule has 82 valence electrons. The van der Waals surface area contributed by atoms with E-state index in [0.717, 1.165) is 38.8 Å². The molecule has 1 N–H and O–H groups in total. The summed E-state index contributed by atoms with van der Waals surface area (Å²) in [5.74, 6) is 0. The van der Waals surface area contributed by atoms with Gasteiger partial charge in [0.25, 0.3) is 0 Å². The van der Waals surface area contributed by atoms with E-state index in [0.29, 0.717) is 10.7 Å². The summed E-state index contributed by atoms with van der Waals surface area (Å²) in [5, 5.41) is 3.91. The molecule has 3 heteroatoms. The maximum absolute atomic E-state index is 14.0. The summed E-state index contributed by atoms with van der Waals surface area (Å²) in [6.07, 6.45) is 6.22. The molecule has 2 rings (SSSR count). The quantitative estimate of drug-likeness (QED) is 0.718. The minimum Gasteiger partial charge on any atom is -0.317 e. The van der Waals surface area contributed by atoms with Crippen LogP contribution in [0.3, 0.4) is 0 Å². The molecule has 0 radical (unpaired) electrons. The molecule has 1 aliphatic heterocycles. The Morgan fingerprint density at radius 1 is 1.00 bits per heavy atom. The Balaban J connectivity index is 1.93. The zero-order valence-electron chi connectivity index (χ0n) is 8.62. The lowest BCUT2D eigenvalue weighted by Gasteiger charge is -2.45. The van der Waals surface area contributed by atoms with Crippen molar-refractivity contribution in [1.82, 2.24) is 5.32 Å². The Kier molecular flexibility index (Phi) is 3.18. The first-order valence-corrected chi connectivity index (χ1v) is 6.76. The van der Waals surface area contributed by atoms with E-state index in [1.54, 1.807) is 0 Å². The molecule has 0 aromatic rings. The van der Waals surface area contributed by atoms with Crippen molar-refractivity contribution in [3.05, 3.63) is 0 Å². The van der Waals surface area contributed by atoms with Gasteiger partial charge in [-0.05, 0) is 57.0 Å². The van der Waals surface area contributed by atoms with Crippen LogP contribution in [0, 0.1) is 5.41 Å². The second-order valence-corrected chi connectivity index (χ2v) is 5.60. The van der Waals surface area contributed by atoms with Crippen molar-refractivity contribution in [3.63, 3.8) is 0 Å². The van der Waals surface area contributed by atoms with Crippen LogP contribution in [0.4, 0.5) is 4.39 Å². The number of piperidine rings is 1. The summed E-state index contributed by atoms with van der Waals surface area (Å²) in [7, 11) is 0. The molecule has 0 bridgehead atoms.